The zero-order chi connectivity index (χ0) is 13.3. The number of hydrogen-bond donors (Lipinski definition) is 0. The van der Waals surface area contributed by atoms with Crippen molar-refractivity contribution in [2.24, 2.45) is 5.92 Å². The average molecular weight is 255 g/mol. The molecular formula is C18H25N. The van der Waals surface area contributed by atoms with Gasteiger partial charge in [-0.1, -0.05) is 24.3 Å². The van der Waals surface area contributed by atoms with Gasteiger partial charge in [0.1, 0.15) is 0 Å². The van der Waals surface area contributed by atoms with Gasteiger partial charge >= 0.3 is 0 Å². The Kier molecular flexibility index (Phi) is 2.29. The highest BCUT2D eigenvalue weighted by Gasteiger charge is 2.65. The first-order chi connectivity index (χ1) is 9.03. The van der Waals surface area contributed by atoms with Gasteiger partial charge in [-0.15, -0.1) is 0 Å². The summed E-state index contributed by atoms with van der Waals surface area (Å²) < 4.78 is 0. The molecule has 1 aliphatic heterocycles. The van der Waals surface area contributed by atoms with Gasteiger partial charge in [0.25, 0.3) is 0 Å². The van der Waals surface area contributed by atoms with Crippen molar-refractivity contribution in [3.05, 3.63) is 35.4 Å². The van der Waals surface area contributed by atoms with Crippen LogP contribution in [-0.2, 0) is 5.54 Å². The molecule has 1 saturated heterocycles. The molecule has 1 heterocycles. The highest BCUT2D eigenvalue weighted by molar-refractivity contribution is 5.44. The molecule has 2 aliphatic carbocycles. The van der Waals surface area contributed by atoms with E-state index in [-0.39, 0.29) is 0 Å². The van der Waals surface area contributed by atoms with Gasteiger partial charge in [-0.3, -0.25) is 4.90 Å². The molecule has 2 unspecified atom stereocenters. The lowest BCUT2D eigenvalue weighted by molar-refractivity contribution is 0.0884. The molecule has 1 aromatic carbocycles. The molecule has 0 amide bonds. The fourth-order valence-electron chi connectivity index (χ4n) is 4.52. The van der Waals surface area contributed by atoms with E-state index in [2.05, 4.69) is 49.9 Å². The van der Waals surface area contributed by atoms with Gasteiger partial charge in [0, 0.05) is 5.54 Å². The summed E-state index contributed by atoms with van der Waals surface area (Å²) in [6.07, 6.45) is 5.62. The van der Waals surface area contributed by atoms with Crippen molar-refractivity contribution in [3.63, 3.8) is 0 Å². The third-order valence-corrected chi connectivity index (χ3v) is 5.51. The summed E-state index contributed by atoms with van der Waals surface area (Å²) in [6, 6.07) is 9.32. The predicted octanol–water partition coefficient (Wildman–Crippen LogP) is 4.28. The summed E-state index contributed by atoms with van der Waals surface area (Å²) in [7, 11) is 0. The first kappa shape index (κ1) is 12.0. The van der Waals surface area contributed by atoms with Crippen LogP contribution < -0.4 is 0 Å². The first-order valence-electron chi connectivity index (χ1n) is 7.90. The van der Waals surface area contributed by atoms with Crippen molar-refractivity contribution >= 4 is 0 Å². The summed E-state index contributed by atoms with van der Waals surface area (Å²) in [6.45, 7) is 8.44. The van der Waals surface area contributed by atoms with Crippen molar-refractivity contribution < 1.29 is 0 Å². The zero-order valence-corrected chi connectivity index (χ0v) is 12.4. The van der Waals surface area contributed by atoms with Crippen LogP contribution in [-0.4, -0.2) is 17.0 Å². The van der Waals surface area contributed by atoms with E-state index in [1.165, 1.54) is 32.2 Å². The molecule has 1 aromatic rings. The Balaban J connectivity index is 1.80. The second kappa shape index (κ2) is 3.63. The number of benzene rings is 1. The summed E-state index contributed by atoms with van der Waals surface area (Å²) >= 11 is 0. The Morgan fingerprint density at radius 3 is 2.47 bits per heavy atom. The summed E-state index contributed by atoms with van der Waals surface area (Å²) in [5.74, 6) is 1.79. The lowest BCUT2D eigenvalue weighted by Gasteiger charge is -2.41. The maximum Gasteiger partial charge on any atom is 0.0501 e. The molecule has 3 fully saturated rings. The number of likely N-dealkylation sites (tertiary alicyclic amines) is 1. The van der Waals surface area contributed by atoms with Gasteiger partial charge in [-0.2, -0.15) is 0 Å². The third-order valence-electron chi connectivity index (χ3n) is 5.51. The summed E-state index contributed by atoms with van der Waals surface area (Å²) in [5.41, 5.74) is 4.04. The lowest BCUT2D eigenvalue weighted by atomic mass is 9.91. The molecule has 0 N–H and O–H groups in total. The number of nitrogens with zero attached hydrogens (tertiary/aromatic N) is 1. The molecule has 102 valence electrons. The topological polar surface area (TPSA) is 3.24 Å². The Morgan fingerprint density at radius 1 is 1.11 bits per heavy atom. The van der Waals surface area contributed by atoms with Crippen molar-refractivity contribution in [1.29, 1.82) is 0 Å². The number of piperidine rings is 1. The monoisotopic (exact) mass is 255 g/mol. The van der Waals surface area contributed by atoms with Crippen molar-refractivity contribution in [2.75, 3.05) is 6.54 Å². The van der Waals surface area contributed by atoms with Crippen molar-refractivity contribution in [2.45, 2.75) is 63.5 Å². The molecule has 0 bridgehead atoms. The Labute approximate surface area is 117 Å². The second-order valence-corrected chi connectivity index (χ2v) is 7.80. The smallest absolute Gasteiger partial charge is 0.0501 e. The van der Waals surface area contributed by atoms with Gasteiger partial charge in [-0.25, -0.2) is 0 Å². The molecule has 1 heteroatoms. The molecule has 0 radical (unpaired) electrons. The highest BCUT2D eigenvalue weighted by Crippen LogP contribution is 2.66. The van der Waals surface area contributed by atoms with Gasteiger partial charge in [0.2, 0.25) is 0 Å². The maximum absolute atomic E-state index is 2.80. The number of fused-ring (bicyclic) bond motifs is 1. The zero-order valence-electron chi connectivity index (χ0n) is 12.4. The Bertz CT molecular complexity index is 509. The molecule has 2 atom stereocenters. The first-order valence-corrected chi connectivity index (χ1v) is 7.90. The molecule has 1 nitrogen and oxygen atoms in total. The minimum atomic E-state index is 0.294. The molecule has 4 rings (SSSR count). The predicted molar refractivity (Wildman–Crippen MR) is 79.3 cm³/mol. The molecule has 3 aliphatic rings. The Hall–Kier alpha value is -0.820. The largest absolute Gasteiger partial charge is 0.288 e. The van der Waals surface area contributed by atoms with Crippen LogP contribution in [0.1, 0.15) is 63.5 Å². The van der Waals surface area contributed by atoms with Gasteiger partial charge in [-0.05, 0) is 76.0 Å². The SMILES string of the molecule is CC(C)(C)N1CCC2CC21c1ccccc1C1CC1. The van der Waals surface area contributed by atoms with Gasteiger partial charge in [0.05, 0.1) is 5.54 Å². The molecular weight excluding hydrogens is 230 g/mol. The summed E-state index contributed by atoms with van der Waals surface area (Å²) in [5, 5.41) is 0. The summed E-state index contributed by atoms with van der Waals surface area (Å²) in [4.78, 5) is 2.80. The van der Waals surface area contributed by atoms with E-state index in [0.29, 0.717) is 11.1 Å². The van der Waals surface area contributed by atoms with E-state index >= 15 is 0 Å². The van der Waals surface area contributed by atoms with Crippen LogP contribution in [0.15, 0.2) is 24.3 Å². The van der Waals surface area contributed by atoms with Gasteiger partial charge in [0.15, 0.2) is 0 Å². The third kappa shape index (κ3) is 1.64. The highest BCUT2D eigenvalue weighted by atomic mass is 15.3. The molecule has 19 heavy (non-hydrogen) atoms. The van der Waals surface area contributed by atoms with Crippen LogP contribution in [0.2, 0.25) is 0 Å². The van der Waals surface area contributed by atoms with Crippen LogP contribution >= 0.6 is 0 Å². The normalized spacial score (nSPS) is 34.4. The van der Waals surface area contributed by atoms with Crippen LogP contribution in [0, 0.1) is 5.92 Å². The maximum atomic E-state index is 2.80. The van der Waals surface area contributed by atoms with E-state index in [1.807, 2.05) is 0 Å². The fourth-order valence-corrected chi connectivity index (χ4v) is 4.52. The minimum absolute atomic E-state index is 0.294. The molecule has 0 spiro atoms. The minimum Gasteiger partial charge on any atom is -0.288 e. The number of hydrogen-bond acceptors (Lipinski definition) is 1. The fraction of sp³-hybridized carbons (Fsp3) is 0.667. The van der Waals surface area contributed by atoms with Crippen LogP contribution in [0.25, 0.3) is 0 Å². The van der Waals surface area contributed by atoms with E-state index in [9.17, 15) is 0 Å². The molecule has 0 aromatic heterocycles. The van der Waals surface area contributed by atoms with E-state index in [1.54, 1.807) is 11.1 Å². The van der Waals surface area contributed by atoms with Crippen LogP contribution in [0.5, 0.6) is 0 Å². The average Bonchev–Trinajstić information content (AvgIpc) is 3.27. The van der Waals surface area contributed by atoms with E-state index in [4.69, 9.17) is 0 Å². The van der Waals surface area contributed by atoms with Crippen LogP contribution in [0.4, 0.5) is 0 Å². The number of rotatable bonds is 2. The van der Waals surface area contributed by atoms with Crippen molar-refractivity contribution in [3.8, 4) is 0 Å². The van der Waals surface area contributed by atoms with Crippen LogP contribution in [0.3, 0.4) is 0 Å². The quantitative estimate of drug-likeness (QED) is 0.762. The van der Waals surface area contributed by atoms with Gasteiger partial charge < -0.3 is 0 Å². The molecule has 2 saturated carbocycles. The lowest BCUT2D eigenvalue weighted by Crippen LogP contribution is -2.46. The Morgan fingerprint density at radius 2 is 1.84 bits per heavy atom. The van der Waals surface area contributed by atoms with E-state index < -0.39 is 0 Å². The van der Waals surface area contributed by atoms with E-state index in [0.717, 1.165) is 11.8 Å². The standard InChI is InChI=1S/C18H25N/c1-17(2,3)19-11-10-14-12-18(14,19)16-7-5-4-6-15(16)13-8-9-13/h4-7,13-14H,8-12H2,1-3H3. The second-order valence-electron chi connectivity index (χ2n) is 7.80. The van der Waals surface area contributed by atoms with Crippen molar-refractivity contribution in [1.82, 2.24) is 4.90 Å².